The SMILES string of the molecule is Cc1c(C(=O)O)oc2c1-c1nn(Cc3cncnc3)cc1CC2. The van der Waals surface area contributed by atoms with E-state index in [1.165, 1.54) is 6.33 Å². The molecular weight excluding hydrogens is 296 g/mol. The summed E-state index contributed by atoms with van der Waals surface area (Å²) in [5, 5.41) is 13.9. The first-order chi connectivity index (χ1) is 11.1. The minimum absolute atomic E-state index is 0.00820. The summed E-state index contributed by atoms with van der Waals surface area (Å²) in [5.41, 5.74) is 4.35. The van der Waals surface area contributed by atoms with Crippen molar-refractivity contribution < 1.29 is 14.3 Å². The van der Waals surface area contributed by atoms with Crippen molar-refractivity contribution in [2.75, 3.05) is 0 Å². The molecule has 7 heteroatoms. The van der Waals surface area contributed by atoms with Gasteiger partial charge in [0, 0.05) is 41.7 Å². The van der Waals surface area contributed by atoms with Crippen LogP contribution in [-0.2, 0) is 19.4 Å². The lowest BCUT2D eigenvalue weighted by Gasteiger charge is -2.09. The predicted octanol–water partition coefficient (Wildman–Crippen LogP) is 2.09. The molecular formula is C16H14N4O3. The van der Waals surface area contributed by atoms with Crippen molar-refractivity contribution in [2.45, 2.75) is 26.3 Å². The maximum atomic E-state index is 11.3. The van der Waals surface area contributed by atoms with Gasteiger partial charge in [-0.2, -0.15) is 5.10 Å². The first-order valence-corrected chi connectivity index (χ1v) is 7.29. The van der Waals surface area contributed by atoms with Gasteiger partial charge in [-0.25, -0.2) is 14.8 Å². The Balaban J connectivity index is 1.75. The van der Waals surface area contributed by atoms with E-state index in [0.717, 1.165) is 28.8 Å². The summed E-state index contributed by atoms with van der Waals surface area (Å²) in [7, 11) is 0. The van der Waals surface area contributed by atoms with Crippen LogP contribution in [0.2, 0.25) is 0 Å². The number of hydrogen-bond acceptors (Lipinski definition) is 5. The number of aromatic carboxylic acids is 1. The summed E-state index contributed by atoms with van der Waals surface area (Å²) in [4.78, 5) is 19.3. The van der Waals surface area contributed by atoms with Crippen molar-refractivity contribution >= 4 is 5.97 Å². The van der Waals surface area contributed by atoms with Gasteiger partial charge in [0.2, 0.25) is 5.76 Å². The molecule has 3 aromatic heterocycles. The van der Waals surface area contributed by atoms with Crippen molar-refractivity contribution in [2.24, 2.45) is 0 Å². The molecule has 116 valence electrons. The van der Waals surface area contributed by atoms with Gasteiger partial charge in [-0.1, -0.05) is 0 Å². The lowest BCUT2D eigenvalue weighted by Crippen LogP contribution is -2.02. The standard InChI is InChI=1S/C16H14N4O3/c1-9-13-12(23-15(9)16(21)22)3-2-11-7-20(19-14(11)13)6-10-4-17-8-18-5-10/h4-5,7-8H,2-3,6H2,1H3,(H,21,22). The Morgan fingerprint density at radius 1 is 1.35 bits per heavy atom. The molecule has 0 radical (unpaired) electrons. The van der Waals surface area contributed by atoms with E-state index < -0.39 is 5.97 Å². The Morgan fingerprint density at radius 3 is 2.87 bits per heavy atom. The van der Waals surface area contributed by atoms with Crippen molar-refractivity contribution in [1.82, 2.24) is 19.7 Å². The van der Waals surface area contributed by atoms with Crippen LogP contribution in [-0.4, -0.2) is 30.8 Å². The zero-order valence-corrected chi connectivity index (χ0v) is 12.5. The summed E-state index contributed by atoms with van der Waals surface area (Å²) < 4.78 is 7.35. The minimum atomic E-state index is -1.04. The predicted molar refractivity (Wildman–Crippen MR) is 80.2 cm³/mol. The van der Waals surface area contributed by atoms with Crippen molar-refractivity contribution in [3.63, 3.8) is 0 Å². The van der Waals surface area contributed by atoms with Crippen molar-refractivity contribution in [3.8, 4) is 11.3 Å². The molecule has 0 atom stereocenters. The molecule has 4 rings (SSSR count). The van der Waals surface area contributed by atoms with Gasteiger partial charge < -0.3 is 9.52 Å². The number of nitrogens with zero attached hydrogens (tertiary/aromatic N) is 4. The maximum absolute atomic E-state index is 11.3. The molecule has 1 aliphatic carbocycles. The van der Waals surface area contributed by atoms with Crippen LogP contribution < -0.4 is 0 Å². The van der Waals surface area contributed by atoms with Gasteiger partial charge in [0.1, 0.15) is 12.1 Å². The van der Waals surface area contributed by atoms with Crippen LogP contribution in [0.25, 0.3) is 11.3 Å². The van der Waals surface area contributed by atoms with Crippen LogP contribution in [0.3, 0.4) is 0 Å². The fraction of sp³-hybridized carbons (Fsp3) is 0.250. The average molecular weight is 310 g/mol. The van der Waals surface area contributed by atoms with E-state index in [1.807, 2.05) is 10.9 Å². The summed E-state index contributed by atoms with van der Waals surface area (Å²) in [5.74, 6) is -0.325. The lowest BCUT2D eigenvalue weighted by molar-refractivity contribution is 0.0659. The number of fused-ring (bicyclic) bond motifs is 3. The number of carbonyl (C=O) groups is 1. The second-order valence-electron chi connectivity index (χ2n) is 5.61. The third-order valence-corrected chi connectivity index (χ3v) is 4.07. The molecule has 0 amide bonds. The van der Waals surface area contributed by atoms with Crippen LogP contribution in [0, 0.1) is 6.92 Å². The molecule has 0 saturated carbocycles. The molecule has 3 aromatic rings. The summed E-state index contributed by atoms with van der Waals surface area (Å²) in [6.45, 7) is 2.34. The van der Waals surface area contributed by atoms with Crippen molar-refractivity contribution in [1.29, 1.82) is 0 Å². The molecule has 23 heavy (non-hydrogen) atoms. The first-order valence-electron chi connectivity index (χ1n) is 7.29. The van der Waals surface area contributed by atoms with Gasteiger partial charge in [0.15, 0.2) is 0 Å². The van der Waals surface area contributed by atoms with Gasteiger partial charge in [0.25, 0.3) is 0 Å². The summed E-state index contributed by atoms with van der Waals surface area (Å²) in [6.07, 6.45) is 8.48. The van der Waals surface area contributed by atoms with Crippen molar-refractivity contribution in [3.05, 3.63) is 53.1 Å². The molecule has 1 N–H and O–H groups in total. The van der Waals surface area contributed by atoms with Gasteiger partial charge in [-0.15, -0.1) is 0 Å². The first kappa shape index (κ1) is 13.7. The topological polar surface area (TPSA) is 94.0 Å². The Kier molecular flexibility index (Phi) is 3.00. The Hall–Kier alpha value is -2.96. The zero-order valence-electron chi connectivity index (χ0n) is 12.5. The monoisotopic (exact) mass is 310 g/mol. The Morgan fingerprint density at radius 2 is 2.13 bits per heavy atom. The number of furan rings is 1. The van der Waals surface area contributed by atoms with Crippen LogP contribution in [0.1, 0.15) is 33.0 Å². The van der Waals surface area contributed by atoms with Gasteiger partial charge >= 0.3 is 5.97 Å². The van der Waals surface area contributed by atoms with Gasteiger partial charge in [-0.3, -0.25) is 4.68 Å². The van der Waals surface area contributed by atoms with E-state index in [9.17, 15) is 9.90 Å². The fourth-order valence-corrected chi connectivity index (χ4v) is 3.05. The fourth-order valence-electron chi connectivity index (χ4n) is 3.05. The number of carboxylic acids is 1. The number of hydrogen-bond donors (Lipinski definition) is 1. The molecule has 7 nitrogen and oxygen atoms in total. The Labute approximate surface area is 131 Å². The minimum Gasteiger partial charge on any atom is -0.475 e. The molecule has 0 aromatic carbocycles. The van der Waals surface area contributed by atoms with E-state index in [0.29, 0.717) is 24.3 Å². The molecule has 0 saturated heterocycles. The molecule has 0 bridgehead atoms. The van der Waals surface area contributed by atoms with E-state index in [4.69, 9.17) is 4.42 Å². The summed E-state index contributed by atoms with van der Waals surface area (Å²) in [6, 6.07) is 0. The second kappa shape index (κ2) is 5.05. The number of aryl methyl sites for hydroxylation is 2. The third-order valence-electron chi connectivity index (χ3n) is 4.07. The molecule has 0 spiro atoms. The van der Waals surface area contributed by atoms with Crippen LogP contribution >= 0.6 is 0 Å². The average Bonchev–Trinajstić information content (AvgIpc) is 3.08. The molecule has 1 aliphatic rings. The maximum Gasteiger partial charge on any atom is 0.372 e. The summed E-state index contributed by atoms with van der Waals surface area (Å²) >= 11 is 0. The number of aromatic nitrogens is 4. The molecule has 0 fully saturated rings. The Bertz CT molecular complexity index is 896. The van der Waals surface area contributed by atoms with Gasteiger partial charge in [0.05, 0.1) is 12.2 Å². The number of rotatable bonds is 3. The molecule has 0 unspecified atom stereocenters. The molecule has 0 aliphatic heterocycles. The van der Waals surface area contributed by atoms with E-state index >= 15 is 0 Å². The largest absolute Gasteiger partial charge is 0.475 e. The van der Waals surface area contributed by atoms with E-state index in [1.54, 1.807) is 19.3 Å². The quantitative estimate of drug-likeness (QED) is 0.796. The highest BCUT2D eigenvalue weighted by Crippen LogP contribution is 2.38. The lowest BCUT2D eigenvalue weighted by atomic mass is 9.94. The van der Waals surface area contributed by atoms with Crippen LogP contribution in [0.15, 0.2) is 29.3 Å². The highest BCUT2D eigenvalue weighted by atomic mass is 16.4. The number of carboxylic acid groups (broad SMARTS) is 1. The zero-order chi connectivity index (χ0) is 16.0. The van der Waals surface area contributed by atoms with Crippen LogP contribution in [0.5, 0.6) is 0 Å². The van der Waals surface area contributed by atoms with E-state index in [2.05, 4.69) is 15.1 Å². The highest BCUT2D eigenvalue weighted by Gasteiger charge is 2.29. The van der Waals surface area contributed by atoms with E-state index in [-0.39, 0.29) is 5.76 Å². The third kappa shape index (κ3) is 2.21. The smallest absolute Gasteiger partial charge is 0.372 e. The van der Waals surface area contributed by atoms with Crippen LogP contribution in [0.4, 0.5) is 0 Å². The van der Waals surface area contributed by atoms with Gasteiger partial charge in [-0.05, 0) is 18.9 Å². The second-order valence-corrected chi connectivity index (χ2v) is 5.61. The highest BCUT2D eigenvalue weighted by molar-refractivity contribution is 5.90. The normalized spacial score (nSPS) is 12.7. The molecule has 3 heterocycles.